The number of hydrogen-bond donors (Lipinski definition) is 0. The standard InChI is InChI=1S/C13H18BN2.3Y/c1-5-15(3)11-7-9-13(14)10-8-12-16(4)6-2;;;/h7-10H,1-2,5-6H2,3-4H3;;;/q-3;;;/b9-7?,13-10-;;;. The second-order valence-corrected chi connectivity index (χ2v) is 3.27. The molecule has 19 heavy (non-hydrogen) atoms. The predicted octanol–water partition coefficient (Wildman–Crippen LogP) is 1.09. The molecule has 0 N–H and O–H groups in total. The molecule has 0 aromatic rings. The van der Waals surface area contributed by atoms with Gasteiger partial charge in [-0.3, -0.25) is 12.4 Å². The Kier molecular flexibility index (Phi) is 30.8. The molecule has 2 nitrogen and oxygen atoms in total. The average molecular weight is 480 g/mol. The van der Waals surface area contributed by atoms with Crippen molar-refractivity contribution in [2.75, 3.05) is 27.2 Å². The van der Waals surface area contributed by atoms with Gasteiger partial charge in [0.2, 0.25) is 0 Å². The van der Waals surface area contributed by atoms with Gasteiger partial charge in [0.25, 0.3) is 0 Å². The minimum absolute atomic E-state index is 0. The van der Waals surface area contributed by atoms with Crippen LogP contribution in [0.5, 0.6) is 0 Å². The Hall–Kier alpha value is 2.07. The summed E-state index contributed by atoms with van der Waals surface area (Å²) >= 11 is 0. The Morgan fingerprint density at radius 1 is 1.32 bits per heavy atom. The summed E-state index contributed by atoms with van der Waals surface area (Å²) in [4.78, 5) is 1.84. The van der Waals surface area contributed by atoms with E-state index in [0.717, 1.165) is 0 Å². The Balaban J connectivity index is -0.000000375. The molecule has 0 atom stereocenters. The van der Waals surface area contributed by atoms with Crippen LogP contribution in [-0.4, -0.2) is 50.7 Å². The topological polar surface area (TPSA) is 6.25 Å². The second-order valence-electron chi connectivity index (χ2n) is 3.27. The zero-order chi connectivity index (χ0) is 12.4. The van der Waals surface area contributed by atoms with Crippen LogP contribution in [0.1, 0.15) is 0 Å². The number of hydrogen-bond acceptors (Lipinski definition) is 1. The third-order valence-corrected chi connectivity index (χ3v) is 1.81. The molecule has 5 radical (unpaired) electrons. The van der Waals surface area contributed by atoms with Crippen LogP contribution in [0.2, 0.25) is 0 Å². The van der Waals surface area contributed by atoms with Crippen LogP contribution in [-0.2, 0) is 98.1 Å². The quantitative estimate of drug-likeness (QED) is 0.138. The van der Waals surface area contributed by atoms with Gasteiger partial charge in [-0.1, -0.05) is 0 Å². The maximum Gasteiger partial charge on any atom is 0.113 e. The van der Waals surface area contributed by atoms with Crippen LogP contribution in [0.3, 0.4) is 0 Å². The molecule has 0 aliphatic rings. The van der Waals surface area contributed by atoms with Crippen molar-refractivity contribution in [3.63, 3.8) is 0 Å². The SMILES string of the molecule is [B]/C(C=C[C-]=[N+](C)C[CH2-])=C\C=[C-]N(C)C[CH2-].[Y].[Y].[Y]. The second kappa shape index (κ2) is 20.1. The smallest absolute Gasteiger partial charge is 0.113 e. The van der Waals surface area contributed by atoms with Gasteiger partial charge in [0.15, 0.2) is 0 Å². The summed E-state index contributed by atoms with van der Waals surface area (Å²) < 4.78 is 1.84. The molecule has 0 heterocycles. The van der Waals surface area contributed by atoms with Crippen molar-refractivity contribution < 1.29 is 103 Å². The van der Waals surface area contributed by atoms with Crippen molar-refractivity contribution in [1.82, 2.24) is 4.90 Å². The van der Waals surface area contributed by atoms with Gasteiger partial charge in [-0.05, 0) is 7.05 Å². The molecular weight excluding hydrogens is 462 g/mol. The summed E-state index contributed by atoms with van der Waals surface area (Å²) in [5, 5.41) is 0. The molecule has 0 fully saturated rings. The largest absolute Gasteiger partial charge is 0.494 e. The number of rotatable bonds is 6. The maximum atomic E-state index is 5.72. The zero-order valence-electron chi connectivity index (χ0n) is 11.8. The van der Waals surface area contributed by atoms with Crippen molar-refractivity contribution >= 4 is 14.1 Å². The van der Waals surface area contributed by atoms with Crippen LogP contribution in [0.4, 0.5) is 0 Å². The summed E-state index contributed by atoms with van der Waals surface area (Å²) in [5.74, 6) is 0. The van der Waals surface area contributed by atoms with Gasteiger partial charge in [0.1, 0.15) is 7.05 Å². The molecule has 0 aliphatic carbocycles. The van der Waals surface area contributed by atoms with Crippen LogP contribution < -0.4 is 0 Å². The Morgan fingerprint density at radius 3 is 2.37 bits per heavy atom. The van der Waals surface area contributed by atoms with Gasteiger partial charge in [-0.15, -0.1) is 6.54 Å². The van der Waals surface area contributed by atoms with Crippen LogP contribution in [0.25, 0.3) is 0 Å². The molecule has 0 saturated carbocycles. The van der Waals surface area contributed by atoms with E-state index < -0.39 is 0 Å². The van der Waals surface area contributed by atoms with E-state index in [1.165, 1.54) is 0 Å². The molecule has 0 bridgehead atoms. The monoisotopic (exact) mass is 480 g/mol. The summed E-state index contributed by atoms with van der Waals surface area (Å²) in [5.41, 5.74) is 0.648. The first-order valence-corrected chi connectivity index (χ1v) is 5.08. The molecule has 0 rings (SSSR count). The fraction of sp³-hybridized carbons (Fsp3) is 0.308. The van der Waals surface area contributed by atoms with Crippen LogP contribution >= 0.6 is 0 Å². The molecule has 0 saturated heterocycles. The number of allylic oxidation sites excluding steroid dienone is 5. The molecular formula is C13H18BN2Y3-3. The Bertz CT molecular complexity index is 313. The summed E-state index contributed by atoms with van der Waals surface area (Å²) in [6, 6.07) is 0. The van der Waals surface area contributed by atoms with E-state index in [4.69, 9.17) is 7.85 Å². The first kappa shape index (κ1) is 29.1. The van der Waals surface area contributed by atoms with Gasteiger partial charge < -0.3 is 16.4 Å². The van der Waals surface area contributed by atoms with Gasteiger partial charge in [-0.2, -0.15) is 12.3 Å². The average Bonchev–Trinajstić information content (AvgIpc) is 2.28. The van der Waals surface area contributed by atoms with Gasteiger partial charge in [0.05, 0.1) is 7.85 Å². The Morgan fingerprint density at radius 2 is 1.89 bits per heavy atom. The fourth-order valence-electron chi connectivity index (χ4n) is 0.706. The first-order valence-electron chi connectivity index (χ1n) is 5.08. The molecule has 0 amide bonds. The van der Waals surface area contributed by atoms with Gasteiger partial charge >= 0.3 is 0 Å². The van der Waals surface area contributed by atoms with E-state index in [0.29, 0.717) is 18.6 Å². The predicted molar refractivity (Wildman–Crippen MR) is 70.2 cm³/mol. The molecule has 95 valence electrons. The van der Waals surface area contributed by atoms with Crippen LogP contribution in [0, 0.1) is 20.0 Å². The van der Waals surface area contributed by atoms with E-state index in [2.05, 4.69) is 26.3 Å². The number of nitrogens with zero attached hydrogens (tertiary/aromatic N) is 2. The summed E-state index contributed by atoms with van der Waals surface area (Å²) in [6.07, 6.45) is 13.0. The molecule has 0 spiro atoms. The fourth-order valence-corrected chi connectivity index (χ4v) is 0.706. The van der Waals surface area contributed by atoms with E-state index in [1.54, 1.807) is 24.3 Å². The van der Waals surface area contributed by atoms with Crippen LogP contribution in [0.15, 0.2) is 29.8 Å². The van der Waals surface area contributed by atoms with Crippen molar-refractivity contribution in [2.24, 2.45) is 0 Å². The summed E-state index contributed by atoms with van der Waals surface area (Å²) in [7, 11) is 9.52. The third-order valence-electron chi connectivity index (χ3n) is 1.81. The third kappa shape index (κ3) is 20.1. The zero-order valence-corrected chi connectivity index (χ0v) is 20.4. The van der Waals surface area contributed by atoms with Crippen molar-refractivity contribution in [2.45, 2.75) is 0 Å². The van der Waals surface area contributed by atoms with Crippen molar-refractivity contribution in [3.8, 4) is 0 Å². The molecule has 0 aliphatic heterocycles. The summed E-state index contributed by atoms with van der Waals surface area (Å²) in [6.45, 7) is 8.79. The maximum absolute atomic E-state index is 5.72. The molecule has 0 aromatic carbocycles. The van der Waals surface area contributed by atoms with Gasteiger partial charge in [-0.25, -0.2) is 18.2 Å². The van der Waals surface area contributed by atoms with E-state index in [-0.39, 0.29) is 98.1 Å². The minimum atomic E-state index is 0. The first-order chi connectivity index (χ1) is 7.60. The molecule has 0 unspecified atom stereocenters. The van der Waals surface area contributed by atoms with Crippen molar-refractivity contribution in [1.29, 1.82) is 0 Å². The van der Waals surface area contributed by atoms with E-state index in [9.17, 15) is 0 Å². The van der Waals surface area contributed by atoms with E-state index in [1.807, 2.05) is 23.6 Å². The van der Waals surface area contributed by atoms with E-state index >= 15 is 0 Å². The Labute approximate surface area is 195 Å². The molecule has 0 aromatic heterocycles. The normalized spacial score (nSPS) is 11.8. The van der Waals surface area contributed by atoms with Crippen molar-refractivity contribution in [3.05, 3.63) is 49.8 Å². The van der Waals surface area contributed by atoms with Gasteiger partial charge in [0, 0.05) is 111 Å². The molecule has 6 heteroatoms. The minimum Gasteiger partial charge on any atom is -0.494 e.